The molecule has 144 valence electrons. The number of benzene rings is 2. The molecule has 2 aromatic carbocycles. The summed E-state index contributed by atoms with van der Waals surface area (Å²) < 4.78 is 0. The molecule has 0 aliphatic heterocycles. The number of rotatable bonds is 9. The van der Waals surface area contributed by atoms with Gasteiger partial charge < -0.3 is 10.2 Å². The van der Waals surface area contributed by atoms with Gasteiger partial charge in [0.05, 0.1) is 0 Å². The maximum absolute atomic E-state index is 12.9. The molecule has 1 atom stereocenters. The van der Waals surface area contributed by atoms with Crippen LogP contribution in [0.3, 0.4) is 0 Å². The van der Waals surface area contributed by atoms with E-state index in [1.165, 1.54) is 6.92 Å². The highest BCUT2D eigenvalue weighted by molar-refractivity contribution is 6.30. The van der Waals surface area contributed by atoms with Crippen LogP contribution in [0.4, 0.5) is 0 Å². The fourth-order valence-electron chi connectivity index (χ4n) is 2.92. The molecule has 0 saturated heterocycles. The number of nitrogens with zero attached hydrogens (tertiary/aromatic N) is 1. The third kappa shape index (κ3) is 6.72. The Morgan fingerprint density at radius 2 is 1.70 bits per heavy atom. The van der Waals surface area contributed by atoms with Gasteiger partial charge in [-0.2, -0.15) is 0 Å². The largest absolute Gasteiger partial charge is 0.354 e. The molecule has 0 aromatic heterocycles. The van der Waals surface area contributed by atoms with Crippen molar-refractivity contribution >= 4 is 23.4 Å². The Morgan fingerprint density at radius 1 is 1.04 bits per heavy atom. The van der Waals surface area contributed by atoms with Gasteiger partial charge >= 0.3 is 0 Å². The normalized spacial score (nSPS) is 11.7. The fraction of sp³-hybridized carbons (Fsp3) is 0.364. The summed E-state index contributed by atoms with van der Waals surface area (Å²) in [5.41, 5.74) is 1.96. The molecule has 0 radical (unpaired) electrons. The first-order valence-corrected chi connectivity index (χ1v) is 9.72. The number of carbonyl (C=O) groups is 2. The van der Waals surface area contributed by atoms with Gasteiger partial charge in [-0.05, 0) is 29.7 Å². The lowest BCUT2D eigenvalue weighted by Crippen LogP contribution is -2.50. The van der Waals surface area contributed by atoms with E-state index in [0.717, 1.165) is 24.0 Å². The Morgan fingerprint density at radius 3 is 2.30 bits per heavy atom. The van der Waals surface area contributed by atoms with Crippen LogP contribution >= 0.6 is 11.6 Å². The molecule has 2 amide bonds. The van der Waals surface area contributed by atoms with Crippen molar-refractivity contribution in [2.24, 2.45) is 0 Å². The summed E-state index contributed by atoms with van der Waals surface area (Å²) in [6, 6.07) is 16.6. The lowest BCUT2D eigenvalue weighted by molar-refractivity contribution is -0.139. The van der Waals surface area contributed by atoms with E-state index in [4.69, 9.17) is 11.6 Å². The summed E-state index contributed by atoms with van der Waals surface area (Å²) in [5, 5.41) is 3.62. The van der Waals surface area contributed by atoms with E-state index in [1.54, 1.807) is 17.0 Å². The Labute approximate surface area is 166 Å². The number of hydrogen-bond acceptors (Lipinski definition) is 2. The number of unbranched alkanes of at least 4 members (excludes halogenated alkanes) is 1. The van der Waals surface area contributed by atoms with Crippen LogP contribution in [0, 0.1) is 0 Å². The predicted octanol–water partition coefficient (Wildman–Crippen LogP) is 4.22. The molecule has 5 heteroatoms. The summed E-state index contributed by atoms with van der Waals surface area (Å²) in [6.45, 7) is 4.57. The lowest BCUT2D eigenvalue weighted by Gasteiger charge is -2.30. The van der Waals surface area contributed by atoms with Crippen LogP contribution in [0.5, 0.6) is 0 Å². The first kappa shape index (κ1) is 21.0. The van der Waals surface area contributed by atoms with Crippen molar-refractivity contribution in [1.82, 2.24) is 10.2 Å². The molecule has 0 heterocycles. The highest BCUT2D eigenvalue weighted by Crippen LogP contribution is 2.16. The molecule has 1 N–H and O–H groups in total. The third-order valence-electron chi connectivity index (χ3n) is 4.45. The maximum Gasteiger partial charge on any atom is 0.243 e. The van der Waals surface area contributed by atoms with Gasteiger partial charge in [0.1, 0.15) is 6.04 Å². The van der Waals surface area contributed by atoms with Crippen molar-refractivity contribution in [2.45, 2.75) is 45.7 Å². The van der Waals surface area contributed by atoms with Crippen molar-refractivity contribution in [3.8, 4) is 0 Å². The lowest BCUT2D eigenvalue weighted by atomic mass is 10.0. The molecule has 4 nitrogen and oxygen atoms in total. The van der Waals surface area contributed by atoms with Crippen LogP contribution in [-0.4, -0.2) is 29.3 Å². The topological polar surface area (TPSA) is 49.4 Å². The number of halogens is 1. The van der Waals surface area contributed by atoms with Gasteiger partial charge in [0, 0.05) is 31.5 Å². The Kier molecular flexibility index (Phi) is 8.34. The highest BCUT2D eigenvalue weighted by Gasteiger charge is 2.28. The first-order valence-electron chi connectivity index (χ1n) is 9.34. The molecule has 0 spiro atoms. The quantitative estimate of drug-likeness (QED) is 0.656. The Bertz CT molecular complexity index is 732. The zero-order chi connectivity index (χ0) is 19.6. The molecule has 0 fully saturated rings. The standard InChI is InChI=1S/C22H27ClN2O2/c1-3-4-14-24-22(27)21(15-18-8-6-5-7-9-18)25(17(2)26)16-19-10-12-20(23)13-11-19/h5-13,21H,3-4,14-16H2,1-2H3,(H,24,27)/t21-/m0/s1. The van der Waals surface area contributed by atoms with Crippen LogP contribution in [0.2, 0.25) is 5.02 Å². The van der Waals surface area contributed by atoms with E-state index in [9.17, 15) is 9.59 Å². The van der Waals surface area contributed by atoms with Gasteiger partial charge in [0.2, 0.25) is 11.8 Å². The van der Waals surface area contributed by atoms with Crippen LogP contribution < -0.4 is 5.32 Å². The van der Waals surface area contributed by atoms with E-state index < -0.39 is 6.04 Å². The zero-order valence-electron chi connectivity index (χ0n) is 16.0. The average Bonchev–Trinajstić information content (AvgIpc) is 2.66. The van der Waals surface area contributed by atoms with Crippen molar-refractivity contribution in [2.75, 3.05) is 6.54 Å². The van der Waals surface area contributed by atoms with Gasteiger partial charge in [-0.25, -0.2) is 0 Å². The smallest absolute Gasteiger partial charge is 0.243 e. The summed E-state index contributed by atoms with van der Waals surface area (Å²) in [4.78, 5) is 26.9. The van der Waals surface area contributed by atoms with Crippen LogP contribution in [-0.2, 0) is 22.6 Å². The average molecular weight is 387 g/mol. The van der Waals surface area contributed by atoms with Gasteiger partial charge in [-0.1, -0.05) is 67.4 Å². The van der Waals surface area contributed by atoms with Crippen molar-refractivity contribution in [3.05, 3.63) is 70.7 Å². The molecular weight excluding hydrogens is 360 g/mol. The van der Waals surface area contributed by atoms with Crippen molar-refractivity contribution < 1.29 is 9.59 Å². The molecule has 0 unspecified atom stereocenters. The van der Waals surface area contributed by atoms with Gasteiger partial charge in [-0.15, -0.1) is 0 Å². The van der Waals surface area contributed by atoms with E-state index in [-0.39, 0.29) is 11.8 Å². The second-order valence-electron chi connectivity index (χ2n) is 6.62. The molecule has 0 bridgehead atoms. The van der Waals surface area contributed by atoms with Crippen LogP contribution in [0.15, 0.2) is 54.6 Å². The summed E-state index contributed by atoms with van der Waals surface area (Å²) in [7, 11) is 0. The summed E-state index contributed by atoms with van der Waals surface area (Å²) in [5.74, 6) is -0.243. The highest BCUT2D eigenvalue weighted by atomic mass is 35.5. The van der Waals surface area contributed by atoms with E-state index in [1.807, 2.05) is 42.5 Å². The van der Waals surface area contributed by atoms with Crippen LogP contribution in [0.1, 0.15) is 37.8 Å². The maximum atomic E-state index is 12.9. The van der Waals surface area contributed by atoms with Gasteiger partial charge in [0.25, 0.3) is 0 Å². The minimum absolute atomic E-state index is 0.114. The van der Waals surface area contributed by atoms with E-state index in [0.29, 0.717) is 24.5 Å². The Balaban J connectivity index is 2.23. The molecule has 2 rings (SSSR count). The number of nitrogens with one attached hydrogen (secondary N) is 1. The van der Waals surface area contributed by atoms with Gasteiger partial charge in [-0.3, -0.25) is 9.59 Å². The minimum Gasteiger partial charge on any atom is -0.354 e. The molecule has 27 heavy (non-hydrogen) atoms. The SMILES string of the molecule is CCCCNC(=O)[C@H](Cc1ccccc1)N(Cc1ccc(Cl)cc1)C(C)=O. The fourth-order valence-corrected chi connectivity index (χ4v) is 3.04. The number of hydrogen-bond donors (Lipinski definition) is 1. The minimum atomic E-state index is -0.558. The summed E-state index contributed by atoms with van der Waals surface area (Å²) in [6.07, 6.45) is 2.40. The van der Waals surface area contributed by atoms with Crippen LogP contribution in [0.25, 0.3) is 0 Å². The first-order chi connectivity index (χ1) is 13.0. The van der Waals surface area contributed by atoms with Crippen molar-refractivity contribution in [3.63, 3.8) is 0 Å². The predicted molar refractivity (Wildman–Crippen MR) is 110 cm³/mol. The Hall–Kier alpha value is -2.33. The van der Waals surface area contributed by atoms with E-state index >= 15 is 0 Å². The second kappa shape index (κ2) is 10.7. The zero-order valence-corrected chi connectivity index (χ0v) is 16.7. The molecule has 2 aromatic rings. The molecule has 0 aliphatic carbocycles. The number of carbonyl (C=O) groups excluding carboxylic acids is 2. The third-order valence-corrected chi connectivity index (χ3v) is 4.70. The molecular formula is C22H27ClN2O2. The second-order valence-corrected chi connectivity index (χ2v) is 7.06. The summed E-state index contributed by atoms with van der Waals surface area (Å²) >= 11 is 5.96. The molecule has 0 aliphatic rings. The van der Waals surface area contributed by atoms with E-state index in [2.05, 4.69) is 12.2 Å². The van der Waals surface area contributed by atoms with Crippen molar-refractivity contribution in [1.29, 1.82) is 0 Å². The number of amides is 2. The van der Waals surface area contributed by atoms with Gasteiger partial charge in [0.15, 0.2) is 0 Å². The molecule has 0 saturated carbocycles. The monoisotopic (exact) mass is 386 g/mol.